The van der Waals surface area contributed by atoms with Crippen LogP contribution in [0.25, 0.3) is 10.8 Å². The van der Waals surface area contributed by atoms with E-state index in [1.807, 2.05) is 36.4 Å². The van der Waals surface area contributed by atoms with Gasteiger partial charge in [0.25, 0.3) is 0 Å². The molecule has 0 N–H and O–H groups in total. The average molecular weight is 450 g/mol. The minimum atomic E-state index is -0.316. The van der Waals surface area contributed by atoms with Gasteiger partial charge in [0.2, 0.25) is 5.91 Å². The van der Waals surface area contributed by atoms with Crippen LogP contribution in [-0.4, -0.2) is 5.91 Å². The van der Waals surface area contributed by atoms with Crippen LogP contribution < -0.4 is 4.90 Å². The lowest BCUT2D eigenvalue weighted by Crippen LogP contribution is -2.36. The van der Waals surface area contributed by atoms with Crippen molar-refractivity contribution in [2.45, 2.75) is 18.9 Å². The van der Waals surface area contributed by atoms with Gasteiger partial charge in [-0.3, -0.25) is 4.79 Å². The average Bonchev–Trinajstić information content (AvgIpc) is 2.78. The highest BCUT2D eigenvalue weighted by Gasteiger charge is 2.34. The molecule has 2 nitrogen and oxygen atoms in total. The second-order valence-electron chi connectivity index (χ2n) is 7.72. The van der Waals surface area contributed by atoms with Gasteiger partial charge in [0.1, 0.15) is 5.82 Å². The van der Waals surface area contributed by atoms with E-state index >= 15 is 0 Å². The number of carbonyl (C=O) groups excluding carboxylic acids is 1. The van der Waals surface area contributed by atoms with Crippen LogP contribution in [0.2, 0.25) is 10.0 Å². The SMILES string of the molecule is O=C1CC(c2ccc(Cl)c(Cl)c2)c2c(ccc3ccccc23)N1Cc1ccccc1F. The number of hydrogen-bond acceptors (Lipinski definition) is 1. The molecule has 1 heterocycles. The van der Waals surface area contributed by atoms with Gasteiger partial charge in [0.15, 0.2) is 0 Å². The van der Waals surface area contributed by atoms with Crippen molar-refractivity contribution in [1.82, 2.24) is 0 Å². The van der Waals surface area contributed by atoms with Crippen LogP contribution in [0.4, 0.5) is 10.1 Å². The zero-order valence-electron chi connectivity index (χ0n) is 16.5. The molecule has 5 heteroatoms. The smallest absolute Gasteiger partial charge is 0.228 e. The van der Waals surface area contributed by atoms with E-state index in [-0.39, 0.29) is 30.6 Å². The number of carbonyl (C=O) groups is 1. The highest BCUT2D eigenvalue weighted by molar-refractivity contribution is 6.42. The lowest BCUT2D eigenvalue weighted by atomic mass is 9.81. The van der Waals surface area contributed by atoms with Gasteiger partial charge in [-0.25, -0.2) is 4.39 Å². The molecule has 5 rings (SSSR count). The second kappa shape index (κ2) is 7.99. The Morgan fingerprint density at radius 1 is 0.903 bits per heavy atom. The van der Waals surface area contributed by atoms with Crippen molar-refractivity contribution in [2.75, 3.05) is 4.90 Å². The molecule has 1 amide bonds. The molecule has 1 unspecified atom stereocenters. The predicted octanol–water partition coefficient (Wildman–Crippen LogP) is 7.35. The summed E-state index contributed by atoms with van der Waals surface area (Å²) in [6, 6.07) is 24.2. The number of hydrogen-bond donors (Lipinski definition) is 0. The third-order valence-electron chi connectivity index (χ3n) is 5.90. The van der Waals surface area contributed by atoms with Crippen LogP contribution in [0, 0.1) is 5.82 Å². The lowest BCUT2D eigenvalue weighted by molar-refractivity contribution is -0.119. The topological polar surface area (TPSA) is 20.3 Å². The molecule has 0 bridgehead atoms. The summed E-state index contributed by atoms with van der Waals surface area (Å²) < 4.78 is 14.4. The van der Waals surface area contributed by atoms with Crippen LogP contribution in [0.5, 0.6) is 0 Å². The van der Waals surface area contributed by atoms with E-state index in [2.05, 4.69) is 12.1 Å². The molecular weight excluding hydrogens is 432 g/mol. The molecular formula is C26H18Cl2FNO. The fraction of sp³-hybridized carbons (Fsp3) is 0.115. The summed E-state index contributed by atoms with van der Waals surface area (Å²) in [5.41, 5.74) is 3.27. The molecule has 0 saturated heterocycles. The summed E-state index contributed by atoms with van der Waals surface area (Å²) in [5, 5.41) is 3.10. The van der Waals surface area contributed by atoms with Gasteiger partial charge in [-0.15, -0.1) is 0 Å². The number of anilines is 1. The van der Waals surface area contributed by atoms with E-state index < -0.39 is 0 Å². The zero-order valence-corrected chi connectivity index (χ0v) is 18.0. The summed E-state index contributed by atoms with van der Waals surface area (Å²) >= 11 is 12.4. The van der Waals surface area contributed by atoms with E-state index in [1.165, 1.54) is 6.07 Å². The Labute approximate surface area is 189 Å². The Kier molecular flexibility index (Phi) is 5.17. The molecule has 154 valence electrons. The van der Waals surface area contributed by atoms with Crippen molar-refractivity contribution >= 4 is 45.6 Å². The van der Waals surface area contributed by atoms with Crippen molar-refractivity contribution in [3.05, 3.63) is 111 Å². The molecule has 0 aliphatic carbocycles. The van der Waals surface area contributed by atoms with Gasteiger partial charge in [-0.1, -0.05) is 77.8 Å². The largest absolute Gasteiger partial charge is 0.308 e. The van der Waals surface area contributed by atoms with E-state index in [0.29, 0.717) is 15.6 Å². The van der Waals surface area contributed by atoms with Crippen LogP contribution >= 0.6 is 23.2 Å². The van der Waals surface area contributed by atoms with Crippen molar-refractivity contribution in [1.29, 1.82) is 0 Å². The van der Waals surface area contributed by atoms with E-state index in [0.717, 1.165) is 27.6 Å². The third-order valence-corrected chi connectivity index (χ3v) is 6.64. The normalized spacial score (nSPS) is 15.9. The second-order valence-corrected chi connectivity index (χ2v) is 8.54. The van der Waals surface area contributed by atoms with Gasteiger partial charge >= 0.3 is 0 Å². The summed E-state index contributed by atoms with van der Waals surface area (Å²) in [6.45, 7) is 0.185. The first-order valence-corrected chi connectivity index (χ1v) is 10.8. The molecule has 1 aliphatic rings. The molecule has 0 aromatic heterocycles. The number of nitrogens with zero attached hydrogens (tertiary/aromatic N) is 1. The standard InChI is InChI=1S/C26H18Cl2FNO/c27-21-11-9-17(13-22(21)28)20-14-25(31)30(15-18-6-2-4-8-23(18)29)24-12-10-16-5-1-3-7-19(16)26(20)24/h1-13,20H,14-15H2. The van der Waals surface area contributed by atoms with Gasteiger partial charge < -0.3 is 4.90 Å². The molecule has 0 radical (unpaired) electrons. The van der Waals surface area contributed by atoms with Crippen LogP contribution in [0.1, 0.15) is 29.0 Å². The third kappa shape index (κ3) is 3.58. The maximum absolute atomic E-state index is 14.4. The maximum atomic E-state index is 14.4. The fourth-order valence-corrected chi connectivity index (χ4v) is 4.70. The summed E-state index contributed by atoms with van der Waals surface area (Å²) in [4.78, 5) is 15.0. The Hall–Kier alpha value is -2.88. The number of amides is 1. The first-order valence-electron chi connectivity index (χ1n) is 10.0. The fourth-order valence-electron chi connectivity index (χ4n) is 4.39. The summed E-state index contributed by atoms with van der Waals surface area (Å²) in [7, 11) is 0. The quantitative estimate of drug-likeness (QED) is 0.320. The Morgan fingerprint density at radius 2 is 1.68 bits per heavy atom. The van der Waals surface area contributed by atoms with Gasteiger partial charge in [-0.05, 0) is 46.2 Å². The Morgan fingerprint density at radius 3 is 2.48 bits per heavy atom. The zero-order chi connectivity index (χ0) is 21.5. The van der Waals surface area contributed by atoms with E-state index in [9.17, 15) is 9.18 Å². The number of halogens is 3. The highest BCUT2D eigenvalue weighted by atomic mass is 35.5. The summed E-state index contributed by atoms with van der Waals surface area (Å²) in [6.07, 6.45) is 0.271. The number of benzene rings is 4. The molecule has 1 aliphatic heterocycles. The summed E-state index contributed by atoms with van der Waals surface area (Å²) in [5.74, 6) is -0.536. The highest BCUT2D eigenvalue weighted by Crippen LogP contribution is 2.45. The molecule has 0 spiro atoms. The molecule has 4 aromatic carbocycles. The van der Waals surface area contributed by atoms with E-state index in [4.69, 9.17) is 23.2 Å². The monoisotopic (exact) mass is 449 g/mol. The first kappa shape index (κ1) is 20.0. The van der Waals surface area contributed by atoms with Gasteiger partial charge in [0.05, 0.1) is 16.6 Å². The van der Waals surface area contributed by atoms with Gasteiger partial charge in [0, 0.05) is 23.6 Å². The molecule has 0 saturated carbocycles. The number of rotatable bonds is 3. The van der Waals surface area contributed by atoms with Crippen molar-refractivity contribution in [3.63, 3.8) is 0 Å². The first-order chi connectivity index (χ1) is 15.0. The van der Waals surface area contributed by atoms with Crippen LogP contribution in [0.3, 0.4) is 0 Å². The predicted molar refractivity (Wildman–Crippen MR) is 124 cm³/mol. The Bertz CT molecular complexity index is 1320. The van der Waals surface area contributed by atoms with Crippen LogP contribution in [-0.2, 0) is 11.3 Å². The van der Waals surface area contributed by atoms with Crippen LogP contribution in [0.15, 0.2) is 78.9 Å². The van der Waals surface area contributed by atoms with Crippen molar-refractivity contribution in [3.8, 4) is 0 Å². The van der Waals surface area contributed by atoms with E-state index in [1.54, 1.807) is 29.2 Å². The minimum Gasteiger partial charge on any atom is -0.308 e. The Balaban J connectivity index is 1.70. The van der Waals surface area contributed by atoms with Crippen molar-refractivity contribution in [2.24, 2.45) is 0 Å². The molecule has 31 heavy (non-hydrogen) atoms. The van der Waals surface area contributed by atoms with Gasteiger partial charge in [-0.2, -0.15) is 0 Å². The minimum absolute atomic E-state index is 0.0536. The number of fused-ring (bicyclic) bond motifs is 3. The lowest BCUT2D eigenvalue weighted by Gasteiger charge is -2.35. The molecule has 0 fully saturated rings. The maximum Gasteiger partial charge on any atom is 0.228 e. The van der Waals surface area contributed by atoms with Crippen molar-refractivity contribution < 1.29 is 9.18 Å². The molecule has 1 atom stereocenters. The molecule has 4 aromatic rings.